The zero-order valence-electron chi connectivity index (χ0n) is 21.5. The van der Waals surface area contributed by atoms with E-state index in [0.717, 1.165) is 18.4 Å². The molecule has 1 N–H and O–H groups in total. The summed E-state index contributed by atoms with van der Waals surface area (Å²) in [6.07, 6.45) is -3.14. The number of hydrogen-bond donors (Lipinski definition) is 1. The first-order chi connectivity index (χ1) is 17.7. The number of halogens is 4. The fourth-order valence-electron chi connectivity index (χ4n) is 3.69. The van der Waals surface area contributed by atoms with Gasteiger partial charge in [-0.2, -0.15) is 13.2 Å². The highest BCUT2D eigenvalue weighted by atomic mass is 35.5. The molecule has 0 bridgehead atoms. The molecule has 0 aliphatic rings. The number of alkyl halides is 3. The predicted octanol–water partition coefficient (Wildman–Crippen LogP) is 4.47. The van der Waals surface area contributed by atoms with Gasteiger partial charge in [0.15, 0.2) is 0 Å². The van der Waals surface area contributed by atoms with E-state index in [4.69, 9.17) is 16.3 Å². The summed E-state index contributed by atoms with van der Waals surface area (Å²) in [6.45, 7) is 3.00. The first kappa shape index (κ1) is 31.2. The number of anilines is 1. The Morgan fingerprint density at radius 2 is 1.74 bits per heavy atom. The van der Waals surface area contributed by atoms with Gasteiger partial charge in [0.2, 0.25) is 21.8 Å². The molecule has 0 saturated heterocycles. The molecule has 0 heterocycles. The lowest BCUT2D eigenvalue weighted by Crippen LogP contribution is -2.52. The molecule has 0 aliphatic carbocycles. The van der Waals surface area contributed by atoms with E-state index in [1.54, 1.807) is 31.2 Å². The van der Waals surface area contributed by atoms with Crippen molar-refractivity contribution in [3.8, 4) is 5.75 Å². The van der Waals surface area contributed by atoms with Crippen LogP contribution in [-0.2, 0) is 32.3 Å². The number of methoxy groups -OCH3 is 1. The third-order valence-electron chi connectivity index (χ3n) is 5.67. The number of ether oxygens (including phenoxy) is 1. The number of nitrogens with zero attached hydrogens (tertiary/aromatic N) is 2. The van der Waals surface area contributed by atoms with Gasteiger partial charge in [0.25, 0.3) is 0 Å². The molecule has 2 amide bonds. The fourth-order valence-corrected chi connectivity index (χ4v) is 4.81. The van der Waals surface area contributed by atoms with Crippen LogP contribution in [0.25, 0.3) is 0 Å². The van der Waals surface area contributed by atoms with Crippen LogP contribution in [-0.4, -0.2) is 57.6 Å². The molecular weight excluding hydrogens is 547 g/mol. The maximum absolute atomic E-state index is 13.6. The summed E-state index contributed by atoms with van der Waals surface area (Å²) in [5.74, 6) is -0.653. The van der Waals surface area contributed by atoms with Gasteiger partial charge >= 0.3 is 6.18 Å². The summed E-state index contributed by atoms with van der Waals surface area (Å²) in [4.78, 5) is 27.8. The van der Waals surface area contributed by atoms with Crippen LogP contribution in [0.2, 0.25) is 5.02 Å². The number of carbonyl (C=O) groups is 2. The highest BCUT2D eigenvalue weighted by Crippen LogP contribution is 2.36. The van der Waals surface area contributed by atoms with E-state index in [0.29, 0.717) is 34.7 Å². The van der Waals surface area contributed by atoms with Crippen molar-refractivity contribution in [2.45, 2.75) is 45.5 Å². The number of carbonyl (C=O) groups excluding carboxylic acids is 2. The summed E-state index contributed by atoms with van der Waals surface area (Å²) in [5.41, 5.74) is -0.993. The van der Waals surface area contributed by atoms with Crippen LogP contribution in [0, 0.1) is 0 Å². The molecule has 210 valence electrons. The third-order valence-corrected chi connectivity index (χ3v) is 7.11. The van der Waals surface area contributed by atoms with Crippen LogP contribution in [0.15, 0.2) is 42.5 Å². The second kappa shape index (κ2) is 13.2. The van der Waals surface area contributed by atoms with Gasteiger partial charge < -0.3 is 15.0 Å². The van der Waals surface area contributed by atoms with Gasteiger partial charge in [0.05, 0.1) is 29.6 Å². The molecule has 0 fully saturated rings. The highest BCUT2D eigenvalue weighted by molar-refractivity contribution is 7.92. The van der Waals surface area contributed by atoms with E-state index in [1.165, 1.54) is 12.0 Å². The zero-order chi connectivity index (χ0) is 28.7. The first-order valence-electron chi connectivity index (χ1n) is 11.8. The summed E-state index contributed by atoms with van der Waals surface area (Å²) in [5, 5.41) is 2.45. The second-order valence-corrected chi connectivity index (χ2v) is 10.8. The van der Waals surface area contributed by atoms with Crippen molar-refractivity contribution in [3.63, 3.8) is 0 Å². The van der Waals surface area contributed by atoms with Gasteiger partial charge in [-0.3, -0.25) is 13.9 Å². The largest absolute Gasteiger partial charge is 0.497 e. The van der Waals surface area contributed by atoms with E-state index in [2.05, 4.69) is 5.32 Å². The quantitative estimate of drug-likeness (QED) is 0.402. The van der Waals surface area contributed by atoms with Crippen molar-refractivity contribution in [1.82, 2.24) is 10.2 Å². The highest BCUT2D eigenvalue weighted by Gasteiger charge is 2.35. The molecule has 13 heteroatoms. The van der Waals surface area contributed by atoms with E-state index in [-0.39, 0.29) is 18.0 Å². The molecule has 8 nitrogen and oxygen atoms in total. The van der Waals surface area contributed by atoms with Crippen LogP contribution in [0.1, 0.15) is 37.8 Å². The van der Waals surface area contributed by atoms with Crippen molar-refractivity contribution < 1.29 is 35.9 Å². The molecule has 38 heavy (non-hydrogen) atoms. The normalized spacial score (nSPS) is 12.5. The van der Waals surface area contributed by atoms with Crippen LogP contribution in [0.3, 0.4) is 0 Å². The molecule has 0 saturated carbocycles. The molecule has 0 unspecified atom stereocenters. The topological polar surface area (TPSA) is 96.0 Å². The summed E-state index contributed by atoms with van der Waals surface area (Å²) in [7, 11) is -2.77. The van der Waals surface area contributed by atoms with Crippen LogP contribution in [0.4, 0.5) is 18.9 Å². The number of hydrogen-bond acceptors (Lipinski definition) is 5. The van der Waals surface area contributed by atoms with Gasteiger partial charge in [-0.05, 0) is 48.7 Å². The maximum atomic E-state index is 13.6. The third kappa shape index (κ3) is 8.26. The number of benzene rings is 2. The number of sulfonamides is 1. The van der Waals surface area contributed by atoms with Gasteiger partial charge in [-0.25, -0.2) is 8.42 Å². The van der Waals surface area contributed by atoms with Gasteiger partial charge in [0, 0.05) is 13.1 Å². The Bertz CT molecular complexity index is 1220. The minimum atomic E-state index is -4.77. The molecule has 2 rings (SSSR count). The molecule has 2 aromatic rings. The molecule has 0 spiro atoms. The SMILES string of the molecule is CCCNC(=O)[C@H](CC)N(Cc1ccc(OC)cc1)C(=O)CN(c1cc(C(F)(F)F)ccc1Cl)S(C)(=O)=O. The lowest BCUT2D eigenvalue weighted by atomic mass is 10.1. The van der Waals surface area contributed by atoms with Gasteiger partial charge in [-0.15, -0.1) is 0 Å². The lowest BCUT2D eigenvalue weighted by Gasteiger charge is -2.33. The van der Waals surface area contributed by atoms with E-state index in [1.807, 2.05) is 6.92 Å². The standard InChI is InChI=1S/C25H31ClF3N3O5S/c1-5-13-30-24(34)21(6-2)31(15-17-7-10-19(37-3)11-8-17)23(33)16-32(38(4,35)36)22-14-18(25(27,28)29)9-12-20(22)26/h7-12,14,21H,5-6,13,15-16H2,1-4H3,(H,30,34)/t21-/m0/s1. The smallest absolute Gasteiger partial charge is 0.416 e. The number of nitrogens with one attached hydrogen (secondary N) is 1. The lowest BCUT2D eigenvalue weighted by molar-refractivity contribution is -0.140. The molecule has 0 aromatic heterocycles. The average molecular weight is 578 g/mol. The fraction of sp³-hybridized carbons (Fsp3) is 0.440. The first-order valence-corrected chi connectivity index (χ1v) is 14.0. The molecule has 0 radical (unpaired) electrons. The van der Waals surface area contributed by atoms with Gasteiger partial charge in [0.1, 0.15) is 18.3 Å². The van der Waals surface area contributed by atoms with Crippen molar-refractivity contribution in [2.24, 2.45) is 0 Å². The van der Waals surface area contributed by atoms with Crippen LogP contribution >= 0.6 is 11.6 Å². The summed E-state index contributed by atoms with van der Waals surface area (Å²) in [6, 6.07) is 7.97. The van der Waals surface area contributed by atoms with Gasteiger partial charge in [-0.1, -0.05) is 37.6 Å². The van der Waals surface area contributed by atoms with Crippen molar-refractivity contribution in [1.29, 1.82) is 0 Å². The molecule has 1 atom stereocenters. The Kier molecular flexibility index (Phi) is 10.8. The van der Waals surface area contributed by atoms with Crippen LogP contribution < -0.4 is 14.4 Å². The predicted molar refractivity (Wildman–Crippen MR) is 140 cm³/mol. The maximum Gasteiger partial charge on any atom is 0.416 e. The molecule has 2 aromatic carbocycles. The van der Waals surface area contributed by atoms with Crippen molar-refractivity contribution >= 4 is 39.1 Å². The monoisotopic (exact) mass is 577 g/mol. The Hall–Kier alpha value is -2.99. The summed E-state index contributed by atoms with van der Waals surface area (Å²) < 4.78 is 71.0. The zero-order valence-corrected chi connectivity index (χ0v) is 23.1. The second-order valence-electron chi connectivity index (χ2n) is 8.52. The summed E-state index contributed by atoms with van der Waals surface area (Å²) >= 11 is 6.09. The molecule has 0 aliphatic heterocycles. The van der Waals surface area contributed by atoms with E-state index < -0.39 is 51.9 Å². The minimum Gasteiger partial charge on any atom is -0.497 e. The Morgan fingerprint density at radius 3 is 2.24 bits per heavy atom. The Labute approximate surface area is 225 Å². The minimum absolute atomic E-state index is 0.0607. The number of amides is 2. The number of rotatable bonds is 12. The van der Waals surface area contributed by atoms with E-state index >= 15 is 0 Å². The van der Waals surface area contributed by atoms with Crippen molar-refractivity contribution in [2.75, 3.05) is 30.8 Å². The average Bonchev–Trinajstić information content (AvgIpc) is 2.85. The Morgan fingerprint density at radius 1 is 1.11 bits per heavy atom. The molecular formula is C25H31ClF3N3O5S. The van der Waals surface area contributed by atoms with Crippen molar-refractivity contribution in [3.05, 3.63) is 58.6 Å². The van der Waals surface area contributed by atoms with E-state index in [9.17, 15) is 31.2 Å². The Balaban J connectivity index is 2.52. The van der Waals surface area contributed by atoms with Crippen LogP contribution in [0.5, 0.6) is 5.75 Å².